The molecule has 0 saturated carbocycles. The van der Waals surface area contributed by atoms with Gasteiger partial charge in [0.1, 0.15) is 11.6 Å². The Bertz CT molecular complexity index is 918. The molecule has 0 spiro atoms. The average molecular weight is 433 g/mol. The zero-order valence-electron chi connectivity index (χ0n) is 18.1. The lowest BCUT2D eigenvalue weighted by atomic mass is 9.96. The molecule has 1 fully saturated rings. The van der Waals surface area contributed by atoms with Gasteiger partial charge in [-0.15, -0.1) is 0 Å². The van der Waals surface area contributed by atoms with Crippen molar-refractivity contribution in [1.29, 1.82) is 0 Å². The molecular weight excluding hydrogens is 403 g/mol. The fraction of sp³-hybridized carbons (Fsp3) is 0.458. The van der Waals surface area contributed by atoms with Crippen LogP contribution in [0.3, 0.4) is 0 Å². The van der Waals surface area contributed by atoms with Gasteiger partial charge in [-0.2, -0.15) is 0 Å². The van der Waals surface area contributed by atoms with Crippen molar-refractivity contribution in [2.75, 3.05) is 20.2 Å². The van der Waals surface area contributed by atoms with Crippen molar-refractivity contribution in [3.8, 4) is 5.75 Å². The van der Waals surface area contributed by atoms with Crippen LogP contribution < -0.4 is 10.1 Å². The fourth-order valence-corrected chi connectivity index (χ4v) is 4.62. The lowest BCUT2D eigenvalue weighted by molar-refractivity contribution is 0.0947. The lowest BCUT2D eigenvalue weighted by Gasteiger charge is -2.32. The minimum absolute atomic E-state index is 0.0383. The number of amides is 1. The quantitative estimate of drug-likeness (QED) is 0.632. The highest BCUT2D eigenvalue weighted by atomic mass is 35.5. The van der Waals surface area contributed by atoms with Gasteiger partial charge in [0.2, 0.25) is 0 Å². The van der Waals surface area contributed by atoms with Crippen LogP contribution in [0.4, 0.5) is 4.39 Å². The molecule has 0 radical (unpaired) electrons. The topological polar surface area (TPSA) is 41.6 Å². The number of rotatable bonds is 7. The summed E-state index contributed by atoms with van der Waals surface area (Å²) >= 11 is 5.78. The van der Waals surface area contributed by atoms with E-state index in [1.54, 1.807) is 7.11 Å². The van der Waals surface area contributed by atoms with Crippen LogP contribution in [-0.2, 0) is 0 Å². The molecule has 162 valence electrons. The van der Waals surface area contributed by atoms with Crippen LogP contribution in [0.5, 0.6) is 5.75 Å². The number of carbonyl (C=O) groups excluding carboxylic acids is 1. The highest BCUT2D eigenvalue weighted by molar-refractivity contribution is 6.31. The predicted octanol–water partition coefficient (Wildman–Crippen LogP) is 5.45. The molecule has 30 heavy (non-hydrogen) atoms. The van der Waals surface area contributed by atoms with Gasteiger partial charge in [-0.25, -0.2) is 4.39 Å². The van der Waals surface area contributed by atoms with Crippen molar-refractivity contribution in [2.24, 2.45) is 0 Å². The van der Waals surface area contributed by atoms with Gasteiger partial charge in [0.25, 0.3) is 5.91 Å². The second-order valence-electron chi connectivity index (χ2n) is 7.99. The first kappa shape index (κ1) is 22.6. The van der Waals surface area contributed by atoms with Crippen LogP contribution in [0.1, 0.15) is 59.3 Å². The van der Waals surface area contributed by atoms with E-state index in [-0.39, 0.29) is 10.9 Å². The number of halogens is 2. The van der Waals surface area contributed by atoms with E-state index in [1.165, 1.54) is 34.9 Å². The highest BCUT2D eigenvalue weighted by Crippen LogP contribution is 2.35. The minimum atomic E-state index is -0.520. The summed E-state index contributed by atoms with van der Waals surface area (Å²) in [5.74, 6) is 0.175. The van der Waals surface area contributed by atoms with Gasteiger partial charge < -0.3 is 10.1 Å². The van der Waals surface area contributed by atoms with E-state index < -0.39 is 5.82 Å². The normalized spacial score (nSPS) is 17.7. The van der Waals surface area contributed by atoms with E-state index in [4.69, 9.17) is 16.3 Å². The first-order valence-electron chi connectivity index (χ1n) is 10.5. The van der Waals surface area contributed by atoms with Crippen molar-refractivity contribution < 1.29 is 13.9 Å². The number of nitrogens with one attached hydrogen (secondary N) is 1. The van der Waals surface area contributed by atoms with Crippen LogP contribution in [0, 0.1) is 19.7 Å². The monoisotopic (exact) mass is 432 g/mol. The summed E-state index contributed by atoms with van der Waals surface area (Å²) in [6.07, 6.45) is 3.15. The second-order valence-corrected chi connectivity index (χ2v) is 8.40. The van der Waals surface area contributed by atoms with Crippen molar-refractivity contribution in [1.82, 2.24) is 10.2 Å². The number of nitrogens with zero attached hydrogens (tertiary/aromatic N) is 1. The summed E-state index contributed by atoms with van der Waals surface area (Å²) in [6, 6.07) is 8.97. The second kappa shape index (κ2) is 9.80. The summed E-state index contributed by atoms with van der Waals surface area (Å²) in [5, 5.41) is 2.91. The van der Waals surface area contributed by atoms with Gasteiger partial charge in [-0.3, -0.25) is 9.69 Å². The van der Waals surface area contributed by atoms with E-state index in [2.05, 4.69) is 37.1 Å². The number of hydrogen-bond acceptors (Lipinski definition) is 3. The Morgan fingerprint density at radius 2 is 2.07 bits per heavy atom. The maximum atomic E-state index is 13.3. The van der Waals surface area contributed by atoms with Gasteiger partial charge >= 0.3 is 0 Å². The maximum Gasteiger partial charge on any atom is 0.251 e. The van der Waals surface area contributed by atoms with Crippen LogP contribution in [0.25, 0.3) is 0 Å². The van der Waals surface area contributed by atoms with Gasteiger partial charge in [0, 0.05) is 24.2 Å². The van der Waals surface area contributed by atoms with Gasteiger partial charge in [-0.05, 0) is 87.5 Å². The lowest BCUT2D eigenvalue weighted by Crippen LogP contribution is -2.36. The summed E-state index contributed by atoms with van der Waals surface area (Å²) in [5.41, 5.74) is 4.16. The molecule has 1 amide bonds. The van der Waals surface area contributed by atoms with E-state index in [0.717, 1.165) is 31.6 Å². The molecular formula is C24H30ClFN2O2. The fourth-order valence-electron chi connectivity index (χ4n) is 4.44. The molecule has 6 heteroatoms. The van der Waals surface area contributed by atoms with Gasteiger partial charge in [-0.1, -0.05) is 17.7 Å². The van der Waals surface area contributed by atoms with Crippen molar-refractivity contribution in [2.45, 2.75) is 52.1 Å². The standard InChI is InChI=1S/C24H30ClFN2O2/c1-15-16(2)23(30-4)10-8-20(15)17(3)28-13-5-6-19(28)11-12-27-24(29)18-7-9-22(26)21(25)14-18/h7-10,14,17,19H,5-6,11-13H2,1-4H3,(H,27,29). The summed E-state index contributed by atoms with van der Waals surface area (Å²) in [7, 11) is 1.70. The Labute approximate surface area is 183 Å². The molecule has 1 saturated heterocycles. The summed E-state index contributed by atoms with van der Waals surface area (Å²) in [6.45, 7) is 8.14. The summed E-state index contributed by atoms with van der Waals surface area (Å²) < 4.78 is 18.7. The third kappa shape index (κ3) is 4.79. The third-order valence-electron chi connectivity index (χ3n) is 6.31. The number of hydrogen-bond donors (Lipinski definition) is 1. The molecule has 1 N–H and O–H groups in total. The molecule has 1 aliphatic rings. The zero-order valence-corrected chi connectivity index (χ0v) is 18.9. The zero-order chi connectivity index (χ0) is 21.8. The number of likely N-dealkylation sites (tertiary alicyclic amines) is 1. The van der Waals surface area contributed by atoms with Crippen LogP contribution in [0.15, 0.2) is 30.3 Å². The Kier molecular flexibility index (Phi) is 7.37. The SMILES string of the molecule is COc1ccc(C(C)N2CCCC2CCNC(=O)c2ccc(F)c(Cl)c2)c(C)c1C. The molecule has 0 bridgehead atoms. The smallest absolute Gasteiger partial charge is 0.251 e. The molecule has 1 aliphatic heterocycles. The van der Waals surface area contributed by atoms with E-state index in [9.17, 15) is 9.18 Å². The number of ether oxygens (including phenoxy) is 1. The van der Waals surface area contributed by atoms with Crippen LogP contribution >= 0.6 is 11.6 Å². The maximum absolute atomic E-state index is 13.3. The molecule has 2 aromatic rings. The minimum Gasteiger partial charge on any atom is -0.496 e. The first-order valence-corrected chi connectivity index (χ1v) is 10.8. The predicted molar refractivity (Wildman–Crippen MR) is 119 cm³/mol. The average Bonchev–Trinajstić information content (AvgIpc) is 3.20. The largest absolute Gasteiger partial charge is 0.496 e. The first-order chi connectivity index (χ1) is 14.3. The molecule has 2 unspecified atom stereocenters. The number of methoxy groups -OCH3 is 1. The molecule has 0 aromatic heterocycles. The highest BCUT2D eigenvalue weighted by Gasteiger charge is 2.30. The number of carbonyl (C=O) groups is 1. The summed E-state index contributed by atoms with van der Waals surface area (Å²) in [4.78, 5) is 14.9. The number of benzene rings is 2. The Morgan fingerprint density at radius 1 is 1.30 bits per heavy atom. The Balaban J connectivity index is 1.61. The molecule has 2 atom stereocenters. The van der Waals surface area contributed by atoms with E-state index >= 15 is 0 Å². The van der Waals surface area contributed by atoms with Gasteiger partial charge in [0.15, 0.2) is 0 Å². The van der Waals surface area contributed by atoms with Crippen LogP contribution in [0.2, 0.25) is 5.02 Å². The van der Waals surface area contributed by atoms with E-state index in [1.807, 2.05) is 6.07 Å². The molecule has 2 aromatic carbocycles. The molecule has 4 nitrogen and oxygen atoms in total. The molecule has 3 rings (SSSR count). The molecule has 0 aliphatic carbocycles. The van der Waals surface area contributed by atoms with Crippen LogP contribution in [-0.4, -0.2) is 37.0 Å². The van der Waals surface area contributed by atoms with Crippen molar-refractivity contribution in [3.63, 3.8) is 0 Å². The van der Waals surface area contributed by atoms with Crippen molar-refractivity contribution in [3.05, 3.63) is 63.4 Å². The third-order valence-corrected chi connectivity index (χ3v) is 6.60. The molecule has 1 heterocycles. The van der Waals surface area contributed by atoms with Gasteiger partial charge in [0.05, 0.1) is 12.1 Å². The van der Waals surface area contributed by atoms with E-state index in [0.29, 0.717) is 24.2 Å². The Morgan fingerprint density at radius 3 is 2.77 bits per heavy atom. The van der Waals surface area contributed by atoms with Crippen molar-refractivity contribution >= 4 is 17.5 Å². The Hall–Kier alpha value is -2.11.